The highest BCUT2D eigenvalue weighted by Crippen LogP contribution is 2.31. The van der Waals surface area contributed by atoms with E-state index in [2.05, 4.69) is 71.4 Å². The molecule has 1 unspecified atom stereocenters. The molecule has 0 bridgehead atoms. The molecule has 2 nitrogen and oxygen atoms in total. The van der Waals surface area contributed by atoms with E-state index in [9.17, 15) is 0 Å². The van der Waals surface area contributed by atoms with Crippen LogP contribution in [-0.2, 0) is 6.42 Å². The molecule has 1 aliphatic heterocycles. The molecule has 2 heteroatoms. The number of para-hydroxylation sites is 1. The first-order valence-corrected chi connectivity index (χ1v) is 8.72. The van der Waals surface area contributed by atoms with Crippen LogP contribution >= 0.6 is 0 Å². The number of aromatic nitrogens is 1. The molecule has 0 saturated carbocycles. The molecule has 118 valence electrons. The van der Waals surface area contributed by atoms with Crippen LogP contribution in [0.2, 0.25) is 0 Å². The molecular formula is C21H24N2. The van der Waals surface area contributed by atoms with Gasteiger partial charge in [0.2, 0.25) is 0 Å². The van der Waals surface area contributed by atoms with Crippen molar-refractivity contribution in [3.63, 3.8) is 0 Å². The Morgan fingerprint density at radius 2 is 1.83 bits per heavy atom. The summed E-state index contributed by atoms with van der Waals surface area (Å²) in [5.41, 5.74) is 5.29. The highest BCUT2D eigenvalue weighted by molar-refractivity contribution is 5.90. The molecule has 0 spiro atoms. The van der Waals surface area contributed by atoms with Gasteiger partial charge in [-0.15, -0.1) is 0 Å². The number of nitrogens with zero attached hydrogens (tertiary/aromatic N) is 1. The normalized spacial score (nSPS) is 18.7. The van der Waals surface area contributed by atoms with Gasteiger partial charge in [0, 0.05) is 29.2 Å². The van der Waals surface area contributed by atoms with Crippen LogP contribution in [0.15, 0.2) is 54.6 Å². The predicted molar refractivity (Wildman–Crippen MR) is 97.7 cm³/mol. The second kappa shape index (κ2) is 6.21. The van der Waals surface area contributed by atoms with Gasteiger partial charge in [-0.3, -0.25) is 0 Å². The number of hydrogen-bond acceptors (Lipinski definition) is 1. The number of rotatable bonds is 4. The SMILES string of the molecule is CC1CCCN1CCc1c(-c2ccccc2)[nH]c2ccccc12. The summed E-state index contributed by atoms with van der Waals surface area (Å²) in [4.78, 5) is 6.28. The third-order valence-corrected chi connectivity index (χ3v) is 5.22. The fourth-order valence-corrected chi connectivity index (χ4v) is 3.89. The molecule has 1 aromatic heterocycles. The van der Waals surface area contributed by atoms with Crippen molar-refractivity contribution in [1.82, 2.24) is 9.88 Å². The second-order valence-corrected chi connectivity index (χ2v) is 6.67. The fraction of sp³-hybridized carbons (Fsp3) is 0.333. The quantitative estimate of drug-likeness (QED) is 0.729. The van der Waals surface area contributed by atoms with E-state index in [4.69, 9.17) is 0 Å². The molecule has 1 fully saturated rings. The standard InChI is InChI=1S/C21H24N2/c1-16-8-7-14-23(16)15-13-19-18-11-5-6-12-20(18)22-21(19)17-9-3-2-4-10-17/h2-6,9-12,16,22H,7-8,13-15H2,1H3. The van der Waals surface area contributed by atoms with Crippen molar-refractivity contribution in [3.8, 4) is 11.3 Å². The van der Waals surface area contributed by atoms with Gasteiger partial charge in [-0.25, -0.2) is 0 Å². The molecule has 2 aromatic carbocycles. The van der Waals surface area contributed by atoms with Crippen molar-refractivity contribution in [2.75, 3.05) is 13.1 Å². The Morgan fingerprint density at radius 3 is 2.61 bits per heavy atom. The van der Waals surface area contributed by atoms with E-state index in [1.54, 1.807) is 0 Å². The Hall–Kier alpha value is -2.06. The summed E-state index contributed by atoms with van der Waals surface area (Å²) >= 11 is 0. The van der Waals surface area contributed by atoms with E-state index in [0.717, 1.165) is 19.0 Å². The number of likely N-dealkylation sites (tertiary alicyclic amines) is 1. The molecule has 2 heterocycles. The van der Waals surface area contributed by atoms with Crippen LogP contribution < -0.4 is 0 Å². The number of hydrogen-bond donors (Lipinski definition) is 1. The van der Waals surface area contributed by atoms with Crippen molar-refractivity contribution in [2.45, 2.75) is 32.2 Å². The van der Waals surface area contributed by atoms with E-state index in [1.807, 2.05) is 0 Å². The Morgan fingerprint density at radius 1 is 1.04 bits per heavy atom. The summed E-state index contributed by atoms with van der Waals surface area (Å²) in [7, 11) is 0. The van der Waals surface area contributed by atoms with Crippen molar-refractivity contribution < 1.29 is 0 Å². The minimum Gasteiger partial charge on any atom is -0.354 e. The first kappa shape index (κ1) is 14.5. The van der Waals surface area contributed by atoms with E-state index >= 15 is 0 Å². The lowest BCUT2D eigenvalue weighted by atomic mass is 10.0. The van der Waals surface area contributed by atoms with Crippen LogP contribution in [0.4, 0.5) is 0 Å². The third-order valence-electron chi connectivity index (χ3n) is 5.22. The first-order valence-electron chi connectivity index (χ1n) is 8.72. The number of H-pyrrole nitrogens is 1. The van der Waals surface area contributed by atoms with E-state index < -0.39 is 0 Å². The smallest absolute Gasteiger partial charge is 0.0497 e. The van der Waals surface area contributed by atoms with Crippen LogP contribution in [0.25, 0.3) is 22.2 Å². The fourth-order valence-electron chi connectivity index (χ4n) is 3.89. The van der Waals surface area contributed by atoms with Gasteiger partial charge < -0.3 is 9.88 Å². The second-order valence-electron chi connectivity index (χ2n) is 6.67. The zero-order valence-corrected chi connectivity index (χ0v) is 13.8. The summed E-state index contributed by atoms with van der Waals surface area (Å²) < 4.78 is 0. The van der Waals surface area contributed by atoms with Crippen LogP contribution in [-0.4, -0.2) is 29.0 Å². The van der Waals surface area contributed by atoms with Gasteiger partial charge in [0.25, 0.3) is 0 Å². The molecular weight excluding hydrogens is 280 g/mol. The average Bonchev–Trinajstić information content (AvgIpc) is 3.17. The topological polar surface area (TPSA) is 19.0 Å². The largest absolute Gasteiger partial charge is 0.354 e. The van der Waals surface area contributed by atoms with Crippen LogP contribution in [0, 0.1) is 0 Å². The van der Waals surface area contributed by atoms with Gasteiger partial charge >= 0.3 is 0 Å². The van der Waals surface area contributed by atoms with Crippen molar-refractivity contribution >= 4 is 10.9 Å². The highest BCUT2D eigenvalue weighted by Gasteiger charge is 2.21. The number of benzene rings is 2. The predicted octanol–water partition coefficient (Wildman–Crippen LogP) is 4.86. The molecule has 1 N–H and O–H groups in total. The minimum absolute atomic E-state index is 0.736. The van der Waals surface area contributed by atoms with Gasteiger partial charge in [0.05, 0.1) is 0 Å². The molecule has 0 amide bonds. The molecule has 1 atom stereocenters. The number of nitrogens with one attached hydrogen (secondary N) is 1. The monoisotopic (exact) mass is 304 g/mol. The molecule has 4 rings (SSSR count). The lowest BCUT2D eigenvalue weighted by Crippen LogP contribution is -2.29. The lowest BCUT2D eigenvalue weighted by Gasteiger charge is -2.21. The summed E-state index contributed by atoms with van der Waals surface area (Å²) in [6, 6.07) is 20.1. The van der Waals surface area contributed by atoms with Crippen molar-refractivity contribution in [3.05, 3.63) is 60.2 Å². The third kappa shape index (κ3) is 2.79. The maximum atomic E-state index is 3.65. The minimum atomic E-state index is 0.736. The summed E-state index contributed by atoms with van der Waals surface area (Å²) in [6.45, 7) is 4.77. The van der Waals surface area contributed by atoms with Crippen LogP contribution in [0.1, 0.15) is 25.3 Å². The first-order chi connectivity index (χ1) is 11.3. The van der Waals surface area contributed by atoms with Crippen molar-refractivity contribution in [2.24, 2.45) is 0 Å². The van der Waals surface area contributed by atoms with Gasteiger partial charge in [-0.05, 0) is 49.9 Å². The lowest BCUT2D eigenvalue weighted by molar-refractivity contribution is 0.272. The zero-order valence-electron chi connectivity index (χ0n) is 13.8. The summed E-state index contributed by atoms with van der Waals surface area (Å²) in [5.74, 6) is 0. The molecule has 3 aromatic rings. The van der Waals surface area contributed by atoms with Crippen LogP contribution in [0.3, 0.4) is 0 Å². The maximum absolute atomic E-state index is 3.65. The summed E-state index contributed by atoms with van der Waals surface area (Å²) in [5, 5.41) is 1.37. The Kier molecular flexibility index (Phi) is 3.92. The maximum Gasteiger partial charge on any atom is 0.0497 e. The Balaban J connectivity index is 1.71. The summed E-state index contributed by atoms with van der Waals surface area (Å²) in [6.07, 6.45) is 3.80. The van der Waals surface area contributed by atoms with Gasteiger partial charge in [-0.1, -0.05) is 48.5 Å². The Bertz CT molecular complexity index is 788. The van der Waals surface area contributed by atoms with Gasteiger partial charge in [0.15, 0.2) is 0 Å². The van der Waals surface area contributed by atoms with E-state index in [0.29, 0.717) is 0 Å². The van der Waals surface area contributed by atoms with Gasteiger partial charge in [-0.2, -0.15) is 0 Å². The molecule has 23 heavy (non-hydrogen) atoms. The number of aromatic amines is 1. The van der Waals surface area contributed by atoms with Crippen molar-refractivity contribution in [1.29, 1.82) is 0 Å². The zero-order chi connectivity index (χ0) is 15.6. The molecule has 1 aliphatic rings. The molecule has 0 aliphatic carbocycles. The number of fused-ring (bicyclic) bond motifs is 1. The highest BCUT2D eigenvalue weighted by atomic mass is 15.2. The molecule has 0 radical (unpaired) electrons. The van der Waals surface area contributed by atoms with E-state index in [1.165, 1.54) is 47.1 Å². The van der Waals surface area contributed by atoms with Crippen LogP contribution in [0.5, 0.6) is 0 Å². The Labute approximate surface area is 138 Å². The van der Waals surface area contributed by atoms with Gasteiger partial charge in [0.1, 0.15) is 0 Å². The molecule has 1 saturated heterocycles. The van der Waals surface area contributed by atoms with E-state index in [-0.39, 0.29) is 0 Å². The average molecular weight is 304 g/mol.